The van der Waals surface area contributed by atoms with Crippen LogP contribution in [0.15, 0.2) is 18.2 Å². The lowest BCUT2D eigenvalue weighted by Crippen LogP contribution is -2.50. The molecule has 2 rings (SSSR count). The second-order valence-electron chi connectivity index (χ2n) is 4.67. The van der Waals surface area contributed by atoms with Crippen LogP contribution in [0.2, 0.25) is 0 Å². The van der Waals surface area contributed by atoms with Gasteiger partial charge in [0, 0.05) is 19.6 Å². The average Bonchev–Trinajstić information content (AvgIpc) is 2.45. The summed E-state index contributed by atoms with van der Waals surface area (Å²) < 4.78 is 13.9. The molecule has 2 N–H and O–H groups in total. The molecule has 108 valence electrons. The lowest BCUT2D eigenvalue weighted by atomic mass is 10.1. The van der Waals surface area contributed by atoms with E-state index in [1.54, 1.807) is 6.07 Å². The lowest BCUT2D eigenvalue weighted by Gasteiger charge is -2.27. The van der Waals surface area contributed by atoms with Gasteiger partial charge >= 0.3 is 0 Å². The van der Waals surface area contributed by atoms with E-state index in [0.717, 1.165) is 6.42 Å². The Morgan fingerprint density at radius 1 is 1.50 bits per heavy atom. The van der Waals surface area contributed by atoms with Crippen LogP contribution in [0.3, 0.4) is 0 Å². The third-order valence-corrected chi connectivity index (χ3v) is 3.12. The highest BCUT2D eigenvalue weighted by molar-refractivity contribution is 6.01. The molecule has 0 radical (unpaired) electrons. The molecule has 0 aromatic heterocycles. The summed E-state index contributed by atoms with van der Waals surface area (Å²) in [6.07, 6.45) is 0.827. The van der Waals surface area contributed by atoms with Gasteiger partial charge in [0.05, 0.1) is 17.8 Å². The molecule has 0 saturated carbocycles. The number of halogens is 1. The van der Waals surface area contributed by atoms with Crippen LogP contribution in [0, 0.1) is 5.82 Å². The number of anilines is 1. The van der Waals surface area contributed by atoms with Crippen LogP contribution < -0.4 is 10.6 Å². The fourth-order valence-corrected chi connectivity index (χ4v) is 2.11. The number of piperazine rings is 1. The highest BCUT2D eigenvalue weighted by atomic mass is 19.1. The molecule has 1 saturated heterocycles. The first-order chi connectivity index (χ1) is 9.63. The van der Waals surface area contributed by atoms with Gasteiger partial charge in [-0.15, -0.1) is 0 Å². The molecule has 1 heterocycles. The molecule has 0 aliphatic carbocycles. The molecular formula is C14H18FN3O2. The van der Waals surface area contributed by atoms with Crippen molar-refractivity contribution in [2.45, 2.75) is 13.3 Å². The van der Waals surface area contributed by atoms with E-state index in [2.05, 4.69) is 10.6 Å². The predicted octanol–water partition coefficient (Wildman–Crippen LogP) is 1.22. The van der Waals surface area contributed by atoms with Gasteiger partial charge in [-0.3, -0.25) is 9.59 Å². The average molecular weight is 279 g/mol. The number of para-hydroxylation sites is 1. The van der Waals surface area contributed by atoms with E-state index < -0.39 is 5.82 Å². The van der Waals surface area contributed by atoms with Gasteiger partial charge in [-0.25, -0.2) is 4.39 Å². The molecular weight excluding hydrogens is 261 g/mol. The van der Waals surface area contributed by atoms with Gasteiger partial charge < -0.3 is 15.5 Å². The predicted molar refractivity (Wildman–Crippen MR) is 74.1 cm³/mol. The summed E-state index contributed by atoms with van der Waals surface area (Å²) in [5, 5.41) is 5.60. The van der Waals surface area contributed by atoms with E-state index in [0.29, 0.717) is 19.6 Å². The Bertz CT molecular complexity index is 519. The molecule has 0 spiro atoms. The van der Waals surface area contributed by atoms with Crippen LogP contribution >= 0.6 is 0 Å². The Labute approximate surface area is 117 Å². The number of rotatable bonds is 4. The van der Waals surface area contributed by atoms with Crippen molar-refractivity contribution < 1.29 is 14.0 Å². The molecule has 0 unspecified atom stereocenters. The first kappa shape index (κ1) is 14.3. The number of amides is 2. The number of benzene rings is 1. The molecule has 6 heteroatoms. The van der Waals surface area contributed by atoms with Gasteiger partial charge in [0.2, 0.25) is 5.91 Å². The summed E-state index contributed by atoms with van der Waals surface area (Å²) in [7, 11) is 0. The smallest absolute Gasteiger partial charge is 0.256 e. The Balaban J connectivity index is 2.24. The summed E-state index contributed by atoms with van der Waals surface area (Å²) in [4.78, 5) is 25.2. The number of carbonyl (C=O) groups excluding carboxylic acids is 2. The molecule has 0 bridgehead atoms. The van der Waals surface area contributed by atoms with E-state index in [1.165, 1.54) is 17.0 Å². The molecule has 1 aromatic carbocycles. The van der Waals surface area contributed by atoms with Gasteiger partial charge in [0.1, 0.15) is 5.82 Å². The van der Waals surface area contributed by atoms with Crippen LogP contribution in [0.25, 0.3) is 0 Å². The second-order valence-corrected chi connectivity index (χ2v) is 4.67. The molecule has 2 amide bonds. The number of carbonyl (C=O) groups is 2. The fourth-order valence-electron chi connectivity index (χ4n) is 2.11. The maximum absolute atomic E-state index is 13.9. The topological polar surface area (TPSA) is 61.4 Å². The standard InChI is InChI=1S/C14H18FN3O2/c1-2-6-17-13-10(4-3-5-11(13)15)14(20)18-8-7-16-12(19)9-18/h3-5,17H,2,6-9H2,1H3,(H,16,19). The third kappa shape index (κ3) is 3.07. The lowest BCUT2D eigenvalue weighted by molar-refractivity contribution is -0.123. The zero-order chi connectivity index (χ0) is 14.5. The minimum atomic E-state index is -0.453. The monoisotopic (exact) mass is 279 g/mol. The normalized spacial score (nSPS) is 14.9. The highest BCUT2D eigenvalue weighted by Gasteiger charge is 2.25. The molecule has 1 fully saturated rings. The largest absolute Gasteiger partial charge is 0.382 e. The molecule has 0 atom stereocenters. The van der Waals surface area contributed by atoms with Crippen LogP contribution in [-0.2, 0) is 4.79 Å². The Morgan fingerprint density at radius 3 is 3.00 bits per heavy atom. The van der Waals surface area contributed by atoms with Gasteiger partial charge in [-0.05, 0) is 18.6 Å². The first-order valence-electron chi connectivity index (χ1n) is 6.72. The van der Waals surface area contributed by atoms with Crippen molar-refractivity contribution in [1.29, 1.82) is 0 Å². The van der Waals surface area contributed by atoms with E-state index >= 15 is 0 Å². The Hall–Kier alpha value is -2.11. The molecule has 1 aromatic rings. The third-order valence-electron chi connectivity index (χ3n) is 3.12. The number of nitrogens with one attached hydrogen (secondary N) is 2. The molecule has 5 nitrogen and oxygen atoms in total. The van der Waals surface area contributed by atoms with Crippen LogP contribution in [0.4, 0.5) is 10.1 Å². The van der Waals surface area contributed by atoms with E-state index in [-0.39, 0.29) is 29.6 Å². The Kier molecular flexibility index (Phi) is 4.55. The first-order valence-corrected chi connectivity index (χ1v) is 6.72. The summed E-state index contributed by atoms with van der Waals surface area (Å²) in [5.41, 5.74) is 0.485. The zero-order valence-electron chi connectivity index (χ0n) is 11.4. The Morgan fingerprint density at radius 2 is 2.30 bits per heavy atom. The van der Waals surface area contributed by atoms with Gasteiger partial charge in [-0.2, -0.15) is 0 Å². The SMILES string of the molecule is CCCNc1c(F)cccc1C(=O)N1CCNC(=O)C1. The van der Waals surface area contributed by atoms with E-state index in [9.17, 15) is 14.0 Å². The summed E-state index contributed by atoms with van der Waals surface area (Å²) in [6, 6.07) is 4.40. The number of nitrogens with zero attached hydrogens (tertiary/aromatic N) is 1. The van der Waals surface area contributed by atoms with E-state index in [4.69, 9.17) is 0 Å². The van der Waals surface area contributed by atoms with Crippen molar-refractivity contribution in [3.05, 3.63) is 29.6 Å². The van der Waals surface area contributed by atoms with Crippen molar-refractivity contribution in [2.24, 2.45) is 0 Å². The van der Waals surface area contributed by atoms with Crippen molar-refractivity contribution in [2.75, 3.05) is 31.5 Å². The van der Waals surface area contributed by atoms with Crippen molar-refractivity contribution in [3.8, 4) is 0 Å². The minimum absolute atomic E-state index is 0.0164. The minimum Gasteiger partial charge on any atom is -0.382 e. The van der Waals surface area contributed by atoms with E-state index in [1.807, 2.05) is 6.92 Å². The van der Waals surface area contributed by atoms with Crippen molar-refractivity contribution in [1.82, 2.24) is 10.2 Å². The molecule has 1 aliphatic rings. The van der Waals surface area contributed by atoms with Crippen LogP contribution in [0.1, 0.15) is 23.7 Å². The zero-order valence-corrected chi connectivity index (χ0v) is 11.4. The van der Waals surface area contributed by atoms with Crippen molar-refractivity contribution >= 4 is 17.5 Å². The van der Waals surface area contributed by atoms with Crippen molar-refractivity contribution in [3.63, 3.8) is 0 Å². The number of hydrogen-bond acceptors (Lipinski definition) is 3. The fraction of sp³-hybridized carbons (Fsp3) is 0.429. The highest BCUT2D eigenvalue weighted by Crippen LogP contribution is 2.21. The second kappa shape index (κ2) is 6.36. The molecule has 20 heavy (non-hydrogen) atoms. The summed E-state index contributed by atoms with van der Waals surface area (Å²) in [6.45, 7) is 3.43. The maximum Gasteiger partial charge on any atom is 0.256 e. The van der Waals surface area contributed by atoms with Gasteiger partial charge in [-0.1, -0.05) is 13.0 Å². The van der Waals surface area contributed by atoms with Crippen LogP contribution in [0.5, 0.6) is 0 Å². The quantitative estimate of drug-likeness (QED) is 0.871. The van der Waals surface area contributed by atoms with Gasteiger partial charge in [0.15, 0.2) is 0 Å². The molecule has 1 aliphatic heterocycles. The summed E-state index contributed by atoms with van der Waals surface area (Å²) in [5.74, 6) is -0.965. The maximum atomic E-state index is 13.9. The summed E-state index contributed by atoms with van der Waals surface area (Å²) >= 11 is 0. The number of hydrogen-bond donors (Lipinski definition) is 2. The van der Waals surface area contributed by atoms with Gasteiger partial charge in [0.25, 0.3) is 5.91 Å². The van der Waals surface area contributed by atoms with Crippen LogP contribution in [-0.4, -0.2) is 42.9 Å².